The molecule has 9 heteroatoms. The molecular formula is C7H7O7S2. The Kier molecular flexibility index (Phi) is 3.24. The Hall–Kier alpha value is -1.16. The van der Waals surface area contributed by atoms with Gasteiger partial charge in [-0.2, -0.15) is 16.8 Å². The van der Waals surface area contributed by atoms with Crippen LogP contribution >= 0.6 is 0 Å². The molecule has 1 aromatic rings. The van der Waals surface area contributed by atoms with Crippen LogP contribution in [0.4, 0.5) is 0 Å². The Balaban J connectivity index is 3.71. The number of benzene rings is 1. The van der Waals surface area contributed by atoms with E-state index in [0.29, 0.717) is 0 Å². The van der Waals surface area contributed by atoms with Gasteiger partial charge >= 0.3 is 0 Å². The summed E-state index contributed by atoms with van der Waals surface area (Å²) >= 11 is 0. The zero-order chi connectivity index (χ0) is 12.6. The fourth-order valence-corrected chi connectivity index (χ4v) is 2.38. The molecule has 89 valence electrons. The number of methoxy groups -OCH3 is 1. The molecule has 0 aliphatic rings. The molecule has 0 aliphatic carbocycles. The number of ether oxygens (including phenoxy) is 1. The zero-order valence-electron chi connectivity index (χ0n) is 7.91. The van der Waals surface area contributed by atoms with Crippen LogP contribution in [0.5, 0.6) is 5.75 Å². The minimum atomic E-state index is -4.66. The molecule has 0 saturated carbocycles. The molecule has 1 aromatic carbocycles. The lowest BCUT2D eigenvalue weighted by Crippen LogP contribution is -2.07. The van der Waals surface area contributed by atoms with Crippen LogP contribution in [0.25, 0.3) is 0 Å². The molecule has 0 aromatic heterocycles. The van der Waals surface area contributed by atoms with Crippen molar-refractivity contribution < 1.29 is 30.7 Å². The van der Waals surface area contributed by atoms with E-state index in [4.69, 9.17) is 9.11 Å². The van der Waals surface area contributed by atoms with Crippen molar-refractivity contribution in [1.29, 1.82) is 0 Å². The molecule has 1 radical (unpaired) electrons. The summed E-state index contributed by atoms with van der Waals surface area (Å²) in [5.41, 5.74) is 0. The molecule has 0 spiro atoms. The predicted molar refractivity (Wildman–Crippen MR) is 51.5 cm³/mol. The quantitative estimate of drug-likeness (QED) is 0.739. The minimum absolute atomic E-state index is 0.663. The lowest BCUT2D eigenvalue weighted by Gasteiger charge is -2.08. The average Bonchev–Trinajstić information content (AvgIpc) is 2.13. The highest BCUT2D eigenvalue weighted by molar-refractivity contribution is 7.86. The molecule has 0 amide bonds. The second kappa shape index (κ2) is 4.01. The highest BCUT2D eigenvalue weighted by Crippen LogP contribution is 2.30. The van der Waals surface area contributed by atoms with E-state index in [9.17, 15) is 16.8 Å². The van der Waals surface area contributed by atoms with E-state index < -0.39 is 35.8 Å². The topological polar surface area (TPSA) is 118 Å². The van der Waals surface area contributed by atoms with Crippen molar-refractivity contribution in [2.24, 2.45) is 0 Å². The van der Waals surface area contributed by atoms with Crippen LogP contribution in [-0.4, -0.2) is 33.1 Å². The van der Waals surface area contributed by atoms with E-state index in [1.54, 1.807) is 0 Å². The van der Waals surface area contributed by atoms with Gasteiger partial charge < -0.3 is 4.74 Å². The van der Waals surface area contributed by atoms with Crippen molar-refractivity contribution in [2.45, 2.75) is 9.79 Å². The first-order valence-electron chi connectivity index (χ1n) is 3.71. The van der Waals surface area contributed by atoms with E-state index in [1.807, 2.05) is 0 Å². The van der Waals surface area contributed by atoms with E-state index in [1.165, 1.54) is 0 Å². The highest BCUT2D eigenvalue weighted by atomic mass is 32.2. The van der Waals surface area contributed by atoms with E-state index >= 15 is 0 Å². The van der Waals surface area contributed by atoms with Gasteiger partial charge in [0, 0.05) is 0 Å². The van der Waals surface area contributed by atoms with E-state index in [0.717, 1.165) is 19.2 Å². The third kappa shape index (κ3) is 2.50. The molecule has 0 saturated heterocycles. The summed E-state index contributed by atoms with van der Waals surface area (Å²) in [5, 5.41) is 0. The van der Waals surface area contributed by atoms with Crippen molar-refractivity contribution in [3.8, 4) is 5.75 Å². The molecule has 16 heavy (non-hydrogen) atoms. The van der Waals surface area contributed by atoms with Gasteiger partial charge in [0.1, 0.15) is 9.79 Å². The van der Waals surface area contributed by atoms with Gasteiger partial charge in [-0.05, 0) is 18.2 Å². The van der Waals surface area contributed by atoms with E-state index in [-0.39, 0.29) is 0 Å². The summed E-state index contributed by atoms with van der Waals surface area (Å²) in [6.07, 6.45) is 0. The smallest absolute Gasteiger partial charge is 0.298 e. The second-order valence-electron chi connectivity index (χ2n) is 2.67. The normalized spacial score (nSPS) is 12.4. The first-order valence-corrected chi connectivity index (χ1v) is 6.59. The molecule has 0 bridgehead atoms. The van der Waals surface area contributed by atoms with Crippen LogP contribution in [0.15, 0.2) is 21.9 Å². The van der Waals surface area contributed by atoms with Gasteiger partial charge in [-0.25, -0.2) is 0 Å². The van der Waals surface area contributed by atoms with Gasteiger partial charge in [0.2, 0.25) is 0 Å². The van der Waals surface area contributed by atoms with Gasteiger partial charge in [0.25, 0.3) is 20.2 Å². The molecule has 7 nitrogen and oxygen atoms in total. The number of rotatable bonds is 3. The number of hydrogen-bond donors (Lipinski definition) is 2. The monoisotopic (exact) mass is 267 g/mol. The Labute approximate surface area is 92.2 Å². The van der Waals surface area contributed by atoms with Crippen molar-refractivity contribution in [1.82, 2.24) is 0 Å². The summed E-state index contributed by atoms with van der Waals surface area (Å²) in [4.78, 5) is -1.57. The third-order valence-electron chi connectivity index (χ3n) is 1.64. The molecule has 0 fully saturated rings. The molecular weight excluding hydrogens is 260 g/mol. The predicted octanol–water partition coefficient (Wildman–Crippen LogP) is -0.0112. The lowest BCUT2D eigenvalue weighted by atomic mass is 10.3. The molecule has 1 rings (SSSR count). The van der Waals surface area contributed by atoms with Gasteiger partial charge in [-0.3, -0.25) is 9.11 Å². The fraction of sp³-hybridized carbons (Fsp3) is 0.143. The summed E-state index contributed by atoms with van der Waals surface area (Å²) in [6.45, 7) is 0. The van der Waals surface area contributed by atoms with Crippen LogP contribution < -0.4 is 4.74 Å². The summed E-state index contributed by atoms with van der Waals surface area (Å²) in [5.74, 6) is -0.663. The standard InChI is InChI=1S/C7H7O7S2/c1-14-7-5(15(8,9)10)3-2-4-6(7)16(11,12)13/h3-4H,1H3,(H,8,9,10)(H,11,12,13). The van der Waals surface area contributed by atoms with Crippen LogP contribution in [-0.2, 0) is 20.2 Å². The molecule has 0 atom stereocenters. The van der Waals surface area contributed by atoms with Crippen LogP contribution in [0.3, 0.4) is 0 Å². The zero-order valence-corrected chi connectivity index (χ0v) is 9.54. The molecule has 2 N–H and O–H groups in total. The van der Waals surface area contributed by atoms with Crippen molar-refractivity contribution in [3.05, 3.63) is 18.2 Å². The number of hydrogen-bond acceptors (Lipinski definition) is 5. The van der Waals surface area contributed by atoms with Crippen molar-refractivity contribution in [2.75, 3.05) is 7.11 Å². The Bertz CT molecular complexity index is 549. The highest BCUT2D eigenvalue weighted by Gasteiger charge is 2.25. The molecule has 0 unspecified atom stereocenters. The van der Waals surface area contributed by atoms with Crippen molar-refractivity contribution in [3.63, 3.8) is 0 Å². The Morgan fingerprint density at radius 3 is 1.69 bits per heavy atom. The Morgan fingerprint density at radius 1 is 1.06 bits per heavy atom. The average molecular weight is 267 g/mol. The first kappa shape index (κ1) is 12.9. The molecule has 0 heterocycles. The SMILES string of the molecule is COc1c(S(=O)(=O)O)c[c]cc1S(=O)(=O)O. The summed E-state index contributed by atoms with van der Waals surface area (Å²) < 4.78 is 65.6. The fourth-order valence-electron chi connectivity index (χ4n) is 1.03. The van der Waals surface area contributed by atoms with Gasteiger partial charge in [0.15, 0.2) is 5.75 Å². The van der Waals surface area contributed by atoms with Gasteiger partial charge in [0.05, 0.1) is 7.11 Å². The summed E-state index contributed by atoms with van der Waals surface area (Å²) in [7, 11) is -8.32. The van der Waals surface area contributed by atoms with Crippen molar-refractivity contribution >= 4 is 20.2 Å². The first-order chi connectivity index (χ1) is 7.18. The molecule has 0 aliphatic heterocycles. The minimum Gasteiger partial charge on any atom is -0.494 e. The second-order valence-corrected chi connectivity index (χ2v) is 5.45. The lowest BCUT2D eigenvalue weighted by molar-refractivity contribution is 0.381. The van der Waals surface area contributed by atoms with E-state index in [2.05, 4.69) is 10.8 Å². The largest absolute Gasteiger partial charge is 0.494 e. The van der Waals surface area contributed by atoms with Crippen LogP contribution in [0, 0.1) is 6.07 Å². The summed E-state index contributed by atoms with van der Waals surface area (Å²) in [6, 6.07) is 3.80. The maximum Gasteiger partial charge on any atom is 0.298 e. The van der Waals surface area contributed by atoms with Gasteiger partial charge in [-0.15, -0.1) is 0 Å². The maximum atomic E-state index is 10.9. The maximum absolute atomic E-state index is 10.9. The third-order valence-corrected chi connectivity index (χ3v) is 3.35. The van der Waals surface area contributed by atoms with Crippen LogP contribution in [0.1, 0.15) is 0 Å². The Morgan fingerprint density at radius 2 is 1.44 bits per heavy atom. The van der Waals surface area contributed by atoms with Gasteiger partial charge in [-0.1, -0.05) is 0 Å². The van der Waals surface area contributed by atoms with Crippen LogP contribution in [0.2, 0.25) is 0 Å².